The number of rotatable bonds is 10. The van der Waals surface area contributed by atoms with Crippen LogP contribution in [0.5, 0.6) is 5.75 Å². The van der Waals surface area contributed by atoms with Gasteiger partial charge in [0.25, 0.3) is 0 Å². The summed E-state index contributed by atoms with van der Waals surface area (Å²) in [5.41, 5.74) is 7.44. The molecular weight excluding hydrogens is 394 g/mol. The molecule has 0 aliphatic rings. The average molecular weight is 424 g/mol. The molecule has 0 spiro atoms. The van der Waals surface area contributed by atoms with Gasteiger partial charge in [-0.25, -0.2) is 4.79 Å². The van der Waals surface area contributed by atoms with Crippen LogP contribution in [0.3, 0.4) is 0 Å². The lowest BCUT2D eigenvalue weighted by molar-refractivity contribution is -0.153. The second-order valence-electron chi connectivity index (χ2n) is 6.84. The zero-order chi connectivity index (χ0) is 21.4. The van der Waals surface area contributed by atoms with Gasteiger partial charge in [-0.2, -0.15) is 11.8 Å². The first-order valence-corrected chi connectivity index (χ1v) is 10.7. The first-order chi connectivity index (χ1) is 13.9. The van der Waals surface area contributed by atoms with Crippen molar-refractivity contribution in [1.29, 1.82) is 0 Å². The van der Waals surface area contributed by atoms with E-state index in [-0.39, 0.29) is 0 Å². The Balaban J connectivity index is 2.10. The zero-order valence-electron chi connectivity index (χ0n) is 17.3. The van der Waals surface area contributed by atoms with Crippen LogP contribution in [-0.2, 0) is 20.7 Å². The van der Waals surface area contributed by atoms with Crippen molar-refractivity contribution in [3.8, 4) is 5.75 Å². The van der Waals surface area contributed by atoms with Crippen LogP contribution in [0.25, 0.3) is 10.9 Å². The number of methoxy groups -OCH3 is 1. The third-order valence-electron chi connectivity index (χ3n) is 4.44. The molecule has 29 heavy (non-hydrogen) atoms. The van der Waals surface area contributed by atoms with Crippen LogP contribution >= 0.6 is 11.8 Å². The summed E-state index contributed by atoms with van der Waals surface area (Å²) in [4.78, 5) is 26.5. The van der Waals surface area contributed by atoms with Gasteiger partial charge in [0.05, 0.1) is 12.6 Å². The lowest BCUT2D eigenvalue weighted by Gasteiger charge is -2.11. The van der Waals surface area contributed by atoms with E-state index in [1.54, 1.807) is 31.1 Å². The lowest BCUT2D eigenvalue weighted by atomic mass is 10.1. The number of aromatic nitrogens is 1. The fourth-order valence-electron chi connectivity index (χ4n) is 2.78. The number of fused-ring (bicyclic) bond motifs is 1. The number of carbonyl (C=O) groups is 2. The van der Waals surface area contributed by atoms with Gasteiger partial charge in [0, 0.05) is 24.2 Å². The highest BCUT2D eigenvalue weighted by Crippen LogP contribution is 2.26. The monoisotopic (exact) mass is 423 g/mol. The summed E-state index contributed by atoms with van der Waals surface area (Å²) in [6.45, 7) is 0.354. The summed E-state index contributed by atoms with van der Waals surface area (Å²) in [6, 6.07) is 4.83. The summed E-state index contributed by atoms with van der Waals surface area (Å²) in [7, 11) is 5.56. The summed E-state index contributed by atoms with van der Waals surface area (Å²) >= 11 is 1.60. The van der Waals surface area contributed by atoms with Crippen LogP contribution in [0, 0.1) is 0 Å². The molecule has 9 heteroatoms. The normalized spacial score (nSPS) is 12.2. The number of ether oxygens (including phenoxy) is 3. The highest BCUT2D eigenvalue weighted by Gasteiger charge is 2.18. The summed E-state index contributed by atoms with van der Waals surface area (Å²) in [5.74, 6) is 0.802. The smallest absolute Gasteiger partial charge is 0.421 e. The van der Waals surface area contributed by atoms with E-state index in [1.165, 1.54) is 4.57 Å². The average Bonchev–Trinajstić information content (AvgIpc) is 3.07. The van der Waals surface area contributed by atoms with Crippen LogP contribution in [0.1, 0.15) is 12.0 Å². The second kappa shape index (κ2) is 11.1. The van der Waals surface area contributed by atoms with E-state index in [0.29, 0.717) is 17.7 Å². The van der Waals surface area contributed by atoms with Gasteiger partial charge in [0.1, 0.15) is 11.8 Å². The topological polar surface area (TPSA) is 96.0 Å². The molecular formula is C20H29N3O5S. The number of benzene rings is 1. The predicted molar refractivity (Wildman–Crippen MR) is 115 cm³/mol. The summed E-state index contributed by atoms with van der Waals surface area (Å²) < 4.78 is 16.8. The Labute approximate surface area is 175 Å². The standard InChI is InChI=1S/C20H29N3O5S/c1-22(2)9-7-14-12-23(18-11-15(26-3)5-6-16(14)18)20(25)28-13-27-19(24)17(21)8-10-29-4/h5-6,11-12,17H,7-10,13,21H2,1-4H3/t17-/m0/s1. The molecule has 0 saturated carbocycles. The predicted octanol–water partition coefficient (Wildman–Crippen LogP) is 2.32. The van der Waals surface area contributed by atoms with Crippen molar-refractivity contribution < 1.29 is 23.8 Å². The molecule has 1 aromatic carbocycles. The van der Waals surface area contributed by atoms with Gasteiger partial charge >= 0.3 is 12.1 Å². The van der Waals surface area contributed by atoms with E-state index in [1.807, 2.05) is 32.5 Å². The molecule has 1 atom stereocenters. The van der Waals surface area contributed by atoms with E-state index in [0.717, 1.165) is 29.7 Å². The summed E-state index contributed by atoms with van der Waals surface area (Å²) in [6.07, 6.45) is 4.33. The van der Waals surface area contributed by atoms with E-state index in [4.69, 9.17) is 19.9 Å². The van der Waals surface area contributed by atoms with Crippen LogP contribution in [0.15, 0.2) is 24.4 Å². The molecule has 8 nitrogen and oxygen atoms in total. The largest absolute Gasteiger partial charge is 0.497 e. The van der Waals surface area contributed by atoms with Gasteiger partial charge in [0.15, 0.2) is 0 Å². The van der Waals surface area contributed by atoms with E-state index in [9.17, 15) is 9.59 Å². The van der Waals surface area contributed by atoms with Gasteiger partial charge in [-0.1, -0.05) is 0 Å². The maximum atomic E-state index is 12.6. The molecule has 2 rings (SSSR count). The van der Waals surface area contributed by atoms with Gasteiger partial charge in [-0.15, -0.1) is 0 Å². The molecule has 0 aliphatic heterocycles. The fraction of sp³-hybridized carbons (Fsp3) is 0.500. The fourth-order valence-corrected chi connectivity index (χ4v) is 3.27. The molecule has 0 saturated heterocycles. The maximum absolute atomic E-state index is 12.6. The lowest BCUT2D eigenvalue weighted by Crippen LogP contribution is -2.33. The highest BCUT2D eigenvalue weighted by atomic mass is 32.2. The number of carbonyl (C=O) groups excluding carboxylic acids is 2. The first-order valence-electron chi connectivity index (χ1n) is 9.28. The van der Waals surface area contributed by atoms with E-state index < -0.39 is 24.9 Å². The van der Waals surface area contributed by atoms with Crippen molar-refractivity contribution in [3.05, 3.63) is 30.0 Å². The first kappa shape index (κ1) is 23.1. The molecule has 1 aromatic heterocycles. The number of nitrogens with zero attached hydrogens (tertiary/aromatic N) is 2. The van der Waals surface area contributed by atoms with Crippen LogP contribution in [0.2, 0.25) is 0 Å². The van der Waals surface area contributed by atoms with Crippen molar-refractivity contribution in [2.24, 2.45) is 5.73 Å². The van der Waals surface area contributed by atoms with Crippen molar-refractivity contribution in [2.75, 3.05) is 46.6 Å². The SMILES string of the molecule is COc1ccc2c(CCN(C)C)cn(C(=O)OCOC(=O)[C@@H](N)CCSC)c2c1. The number of hydrogen-bond donors (Lipinski definition) is 1. The van der Waals surface area contributed by atoms with Crippen LogP contribution in [-0.4, -0.2) is 74.1 Å². The van der Waals surface area contributed by atoms with Crippen LogP contribution in [0.4, 0.5) is 4.79 Å². The number of thioether (sulfide) groups is 1. The third kappa shape index (κ3) is 6.38. The van der Waals surface area contributed by atoms with Crippen molar-refractivity contribution >= 4 is 34.7 Å². The van der Waals surface area contributed by atoms with Gasteiger partial charge in [-0.05, 0) is 56.6 Å². The van der Waals surface area contributed by atoms with Gasteiger partial charge in [-0.3, -0.25) is 9.36 Å². The molecule has 0 amide bonds. The van der Waals surface area contributed by atoms with Crippen molar-refractivity contribution in [3.63, 3.8) is 0 Å². The Hall–Kier alpha value is -2.23. The van der Waals surface area contributed by atoms with Gasteiger partial charge < -0.3 is 24.8 Å². The summed E-state index contributed by atoms with van der Waals surface area (Å²) in [5, 5.41) is 0.945. The Morgan fingerprint density at radius 3 is 2.69 bits per heavy atom. The molecule has 0 unspecified atom stereocenters. The Bertz CT molecular complexity index is 837. The van der Waals surface area contributed by atoms with Crippen molar-refractivity contribution in [1.82, 2.24) is 9.47 Å². The number of hydrogen-bond acceptors (Lipinski definition) is 8. The Morgan fingerprint density at radius 1 is 1.28 bits per heavy atom. The highest BCUT2D eigenvalue weighted by molar-refractivity contribution is 7.98. The number of esters is 1. The molecule has 1 heterocycles. The third-order valence-corrected chi connectivity index (χ3v) is 5.08. The molecule has 0 aliphatic carbocycles. The molecule has 160 valence electrons. The molecule has 0 radical (unpaired) electrons. The molecule has 2 N–H and O–H groups in total. The van der Waals surface area contributed by atoms with E-state index >= 15 is 0 Å². The molecule has 2 aromatic rings. The van der Waals surface area contributed by atoms with Crippen LogP contribution < -0.4 is 10.5 Å². The Morgan fingerprint density at radius 2 is 2.03 bits per heavy atom. The second-order valence-corrected chi connectivity index (χ2v) is 7.83. The quantitative estimate of drug-likeness (QED) is 0.459. The minimum absolute atomic E-state index is 0.485. The van der Waals surface area contributed by atoms with E-state index in [2.05, 4.69) is 4.90 Å². The van der Waals surface area contributed by atoms with Crippen molar-refractivity contribution in [2.45, 2.75) is 18.9 Å². The number of nitrogens with two attached hydrogens (primary N) is 1. The molecule has 0 bridgehead atoms. The number of likely N-dealkylation sites (N-methyl/N-ethyl adjacent to an activating group) is 1. The minimum atomic E-state index is -0.726. The maximum Gasteiger partial charge on any atom is 0.421 e. The zero-order valence-corrected chi connectivity index (χ0v) is 18.2. The Kier molecular flexibility index (Phi) is 8.81. The van der Waals surface area contributed by atoms with Gasteiger partial charge in [0.2, 0.25) is 6.79 Å². The minimum Gasteiger partial charge on any atom is -0.497 e. The molecule has 0 fully saturated rings.